The van der Waals surface area contributed by atoms with E-state index in [2.05, 4.69) is 20.8 Å². The second-order valence-corrected chi connectivity index (χ2v) is 4.43. The molecule has 2 unspecified atom stereocenters. The Morgan fingerprint density at radius 3 is 2.15 bits per heavy atom. The van der Waals surface area contributed by atoms with Crippen LogP contribution in [-0.4, -0.2) is 6.61 Å². The van der Waals surface area contributed by atoms with Crippen LogP contribution in [0.4, 0.5) is 0 Å². The second-order valence-electron chi connectivity index (χ2n) is 4.43. The van der Waals surface area contributed by atoms with Crippen LogP contribution in [0.1, 0.15) is 59.3 Å². The van der Waals surface area contributed by atoms with Gasteiger partial charge in [0.15, 0.2) is 0 Å². The van der Waals surface area contributed by atoms with Crippen molar-refractivity contribution in [3.8, 4) is 0 Å². The maximum atomic E-state index is 10.2. The molecule has 0 aromatic carbocycles. The van der Waals surface area contributed by atoms with Crippen LogP contribution in [0.5, 0.6) is 0 Å². The average Bonchev–Trinajstić information content (AvgIpc) is 2.05. The molecule has 0 saturated heterocycles. The summed E-state index contributed by atoms with van der Waals surface area (Å²) in [5, 5.41) is 10.2. The highest BCUT2D eigenvalue weighted by atomic mass is 16.2. The molecule has 0 heterocycles. The van der Waals surface area contributed by atoms with Gasteiger partial charge in [-0.3, -0.25) is 0 Å². The first-order chi connectivity index (χ1) is 6.20. The monoisotopic (exact) mass is 185 g/mol. The van der Waals surface area contributed by atoms with Crippen molar-refractivity contribution in [3.63, 3.8) is 0 Å². The fraction of sp³-hybridized carbons (Fsp3) is 1.00. The van der Waals surface area contributed by atoms with E-state index in [9.17, 15) is 5.11 Å². The smallest absolute Gasteiger partial charge is 0.0822 e. The number of rotatable bonds is 8. The van der Waals surface area contributed by atoms with Crippen LogP contribution in [0, 0.1) is 11.8 Å². The van der Waals surface area contributed by atoms with E-state index in [1.807, 2.05) is 0 Å². The summed E-state index contributed by atoms with van der Waals surface area (Å²) in [4.78, 5) is 0. The standard InChI is InChI=1S/C12H25O/c1-4-7-11(2)10-12(3)8-5-6-9-13/h11-12H,4-10H2,1-3H3. The van der Waals surface area contributed by atoms with Gasteiger partial charge in [-0.25, -0.2) is 5.11 Å². The van der Waals surface area contributed by atoms with Gasteiger partial charge in [-0.15, -0.1) is 0 Å². The number of hydrogen-bond donors (Lipinski definition) is 0. The molecule has 1 nitrogen and oxygen atoms in total. The lowest BCUT2D eigenvalue weighted by Crippen LogP contribution is -2.03. The first kappa shape index (κ1) is 13.0. The molecule has 0 spiro atoms. The molecule has 0 aliphatic rings. The van der Waals surface area contributed by atoms with Crippen molar-refractivity contribution >= 4 is 0 Å². The molecule has 0 N–H and O–H groups in total. The maximum absolute atomic E-state index is 10.2. The summed E-state index contributed by atoms with van der Waals surface area (Å²) in [6.45, 7) is 7.01. The highest BCUT2D eigenvalue weighted by Gasteiger charge is 2.07. The SMILES string of the molecule is CCCC(C)CC(C)CCCC[O]. The van der Waals surface area contributed by atoms with Crippen LogP contribution in [-0.2, 0) is 5.11 Å². The number of unbranched alkanes of at least 4 members (excludes halogenated alkanes) is 1. The third-order valence-electron chi connectivity index (χ3n) is 2.68. The molecule has 0 aromatic heterocycles. The highest BCUT2D eigenvalue weighted by Crippen LogP contribution is 2.20. The first-order valence-electron chi connectivity index (χ1n) is 5.78. The second kappa shape index (κ2) is 8.55. The van der Waals surface area contributed by atoms with Crippen molar-refractivity contribution in [1.82, 2.24) is 0 Å². The minimum absolute atomic E-state index is 0.108. The molecule has 79 valence electrons. The van der Waals surface area contributed by atoms with Crippen molar-refractivity contribution in [1.29, 1.82) is 0 Å². The molecule has 0 aliphatic heterocycles. The molecule has 0 aromatic rings. The van der Waals surface area contributed by atoms with Crippen molar-refractivity contribution < 1.29 is 5.11 Å². The summed E-state index contributed by atoms with van der Waals surface area (Å²) in [6.07, 6.45) is 7.24. The number of hydrogen-bond acceptors (Lipinski definition) is 0. The fourth-order valence-electron chi connectivity index (χ4n) is 2.01. The van der Waals surface area contributed by atoms with Crippen LogP contribution < -0.4 is 0 Å². The van der Waals surface area contributed by atoms with E-state index in [1.165, 1.54) is 25.7 Å². The van der Waals surface area contributed by atoms with Gasteiger partial charge in [-0.2, -0.15) is 0 Å². The molecular weight excluding hydrogens is 160 g/mol. The largest absolute Gasteiger partial charge is 0.237 e. The Morgan fingerprint density at radius 1 is 1.00 bits per heavy atom. The Bertz CT molecular complexity index is 101. The average molecular weight is 185 g/mol. The molecule has 0 aliphatic carbocycles. The van der Waals surface area contributed by atoms with E-state index in [0.717, 1.165) is 24.7 Å². The van der Waals surface area contributed by atoms with Gasteiger partial charge in [0, 0.05) is 0 Å². The summed E-state index contributed by atoms with van der Waals surface area (Å²) < 4.78 is 0. The summed E-state index contributed by atoms with van der Waals surface area (Å²) >= 11 is 0. The predicted molar refractivity (Wildman–Crippen MR) is 57.3 cm³/mol. The summed E-state index contributed by atoms with van der Waals surface area (Å²) in [7, 11) is 0. The molecule has 1 heteroatoms. The third-order valence-corrected chi connectivity index (χ3v) is 2.68. The zero-order chi connectivity index (χ0) is 10.1. The third kappa shape index (κ3) is 8.29. The van der Waals surface area contributed by atoms with E-state index in [1.54, 1.807) is 0 Å². The summed E-state index contributed by atoms with van der Waals surface area (Å²) in [5.41, 5.74) is 0. The lowest BCUT2D eigenvalue weighted by Gasteiger charge is -2.16. The van der Waals surface area contributed by atoms with Crippen molar-refractivity contribution in [2.24, 2.45) is 11.8 Å². The van der Waals surface area contributed by atoms with Gasteiger partial charge in [0.05, 0.1) is 6.61 Å². The Hall–Kier alpha value is -0.0400. The minimum atomic E-state index is 0.108. The topological polar surface area (TPSA) is 19.9 Å². The Balaban J connectivity index is 3.32. The molecule has 1 radical (unpaired) electrons. The molecular formula is C12H25O. The maximum Gasteiger partial charge on any atom is 0.0822 e. The summed E-state index contributed by atoms with van der Waals surface area (Å²) in [5.74, 6) is 1.68. The van der Waals surface area contributed by atoms with Crippen molar-refractivity contribution in [2.45, 2.75) is 59.3 Å². The molecule has 0 saturated carbocycles. The van der Waals surface area contributed by atoms with Gasteiger partial charge >= 0.3 is 0 Å². The van der Waals surface area contributed by atoms with Crippen molar-refractivity contribution in [3.05, 3.63) is 0 Å². The van der Waals surface area contributed by atoms with E-state index in [-0.39, 0.29) is 6.61 Å². The first-order valence-corrected chi connectivity index (χ1v) is 5.78. The molecule has 0 amide bonds. The van der Waals surface area contributed by atoms with E-state index in [4.69, 9.17) is 0 Å². The summed E-state index contributed by atoms with van der Waals surface area (Å²) in [6, 6.07) is 0. The van der Waals surface area contributed by atoms with Crippen molar-refractivity contribution in [2.75, 3.05) is 6.61 Å². The van der Waals surface area contributed by atoms with Crippen LogP contribution in [0.15, 0.2) is 0 Å². The van der Waals surface area contributed by atoms with Gasteiger partial charge in [0.2, 0.25) is 0 Å². The van der Waals surface area contributed by atoms with Crippen LogP contribution in [0.2, 0.25) is 0 Å². The zero-order valence-electron chi connectivity index (χ0n) is 9.51. The lowest BCUT2D eigenvalue weighted by molar-refractivity contribution is 0.183. The quantitative estimate of drug-likeness (QED) is 0.508. The Kier molecular flexibility index (Phi) is 8.53. The van der Waals surface area contributed by atoms with Gasteiger partial charge < -0.3 is 0 Å². The highest BCUT2D eigenvalue weighted by molar-refractivity contribution is 4.59. The predicted octanol–water partition coefficient (Wildman–Crippen LogP) is 4.05. The zero-order valence-corrected chi connectivity index (χ0v) is 9.51. The minimum Gasteiger partial charge on any atom is -0.237 e. The van der Waals surface area contributed by atoms with Gasteiger partial charge in [0.1, 0.15) is 0 Å². The van der Waals surface area contributed by atoms with Crippen LogP contribution >= 0.6 is 0 Å². The normalized spacial score (nSPS) is 15.7. The van der Waals surface area contributed by atoms with Gasteiger partial charge in [0.25, 0.3) is 0 Å². The lowest BCUT2D eigenvalue weighted by atomic mass is 9.90. The van der Waals surface area contributed by atoms with E-state index < -0.39 is 0 Å². The Morgan fingerprint density at radius 2 is 1.62 bits per heavy atom. The van der Waals surface area contributed by atoms with Crippen LogP contribution in [0.25, 0.3) is 0 Å². The van der Waals surface area contributed by atoms with Gasteiger partial charge in [-0.05, 0) is 24.7 Å². The Labute approximate surface area is 83.5 Å². The van der Waals surface area contributed by atoms with E-state index in [0.29, 0.717) is 0 Å². The molecule has 2 atom stereocenters. The fourth-order valence-corrected chi connectivity index (χ4v) is 2.01. The molecule has 13 heavy (non-hydrogen) atoms. The van der Waals surface area contributed by atoms with E-state index >= 15 is 0 Å². The van der Waals surface area contributed by atoms with Crippen LogP contribution in [0.3, 0.4) is 0 Å². The molecule has 0 fully saturated rings. The molecule has 0 bridgehead atoms. The van der Waals surface area contributed by atoms with Gasteiger partial charge in [-0.1, -0.05) is 46.5 Å². The molecule has 0 rings (SSSR count).